The van der Waals surface area contributed by atoms with Crippen molar-refractivity contribution in [2.75, 3.05) is 17.2 Å². The SMILES string of the molecule is Cc1cccc(C#Cc2ccc(C#Cc3cc(C#Cc4ccc(C#Cc5cccc(C)c5)cc4N)cc(C#Cc4ccc(C#Cc5cc(C)cc(C)c5)cc4N)c3)c(N)c2)c1. The molecule has 0 unspecified atom stereocenters. The van der Waals surface area contributed by atoms with Crippen molar-refractivity contribution in [2.45, 2.75) is 27.7 Å². The van der Waals surface area contributed by atoms with Gasteiger partial charge in [-0.2, -0.15) is 0 Å². The molecule has 0 saturated carbocycles. The molecule has 6 N–H and O–H groups in total. The van der Waals surface area contributed by atoms with Crippen molar-refractivity contribution in [3.05, 3.63) is 229 Å². The first-order valence-electron chi connectivity index (χ1n) is 19.7. The predicted molar refractivity (Wildman–Crippen MR) is 253 cm³/mol. The molecule has 0 heterocycles. The summed E-state index contributed by atoms with van der Waals surface area (Å²) in [5.41, 5.74) is 35.3. The lowest BCUT2D eigenvalue weighted by Crippen LogP contribution is -1.92. The van der Waals surface area contributed by atoms with Crippen LogP contribution in [-0.4, -0.2) is 0 Å². The third-order valence-electron chi connectivity index (χ3n) is 9.42. The second-order valence-corrected chi connectivity index (χ2v) is 14.8. The molecule has 0 aliphatic carbocycles. The highest BCUT2D eigenvalue weighted by Gasteiger charge is 2.03. The van der Waals surface area contributed by atoms with Crippen molar-refractivity contribution < 1.29 is 0 Å². The zero-order valence-corrected chi connectivity index (χ0v) is 34.5. The van der Waals surface area contributed by atoms with Crippen LogP contribution >= 0.6 is 0 Å². The number of aryl methyl sites for hydroxylation is 4. The van der Waals surface area contributed by atoms with Crippen molar-refractivity contribution >= 4 is 17.1 Å². The number of anilines is 3. The molecule has 7 aromatic carbocycles. The van der Waals surface area contributed by atoms with Gasteiger partial charge in [-0.1, -0.05) is 101 Å². The molecule has 0 radical (unpaired) electrons. The average Bonchev–Trinajstić information content (AvgIpc) is 3.23. The van der Waals surface area contributed by atoms with E-state index < -0.39 is 0 Å². The zero-order chi connectivity index (χ0) is 42.7. The molecule has 0 spiro atoms. The predicted octanol–water partition coefficient (Wildman–Crippen LogP) is 10.1. The molecule has 7 aromatic rings. The smallest absolute Gasteiger partial charge is 0.0485 e. The Labute approximate surface area is 360 Å². The van der Waals surface area contributed by atoms with Crippen LogP contribution in [0.2, 0.25) is 0 Å². The monoisotopic (exact) mass is 779 g/mol. The van der Waals surface area contributed by atoms with Crippen LogP contribution in [0.15, 0.2) is 140 Å². The van der Waals surface area contributed by atoms with Crippen LogP contribution in [0.3, 0.4) is 0 Å². The van der Waals surface area contributed by atoms with E-state index in [-0.39, 0.29) is 0 Å². The maximum Gasteiger partial charge on any atom is 0.0485 e. The van der Waals surface area contributed by atoms with Gasteiger partial charge in [-0.3, -0.25) is 0 Å². The second-order valence-electron chi connectivity index (χ2n) is 14.8. The third-order valence-corrected chi connectivity index (χ3v) is 9.42. The van der Waals surface area contributed by atoms with Crippen LogP contribution in [0.5, 0.6) is 0 Å². The lowest BCUT2D eigenvalue weighted by molar-refractivity contribution is 1.37. The molecular weight excluding hydrogens is 739 g/mol. The van der Waals surface area contributed by atoms with Crippen LogP contribution in [0.25, 0.3) is 0 Å². The number of benzene rings is 7. The van der Waals surface area contributed by atoms with E-state index in [0.29, 0.717) is 33.8 Å². The summed E-state index contributed by atoms with van der Waals surface area (Å²) in [6.45, 7) is 8.24. The summed E-state index contributed by atoms with van der Waals surface area (Å²) in [5, 5.41) is 0. The van der Waals surface area contributed by atoms with Crippen LogP contribution in [0.1, 0.15) is 89.0 Å². The van der Waals surface area contributed by atoms with E-state index in [1.165, 1.54) is 11.1 Å². The van der Waals surface area contributed by atoms with E-state index in [1.807, 2.05) is 123 Å². The number of hydrogen-bond donors (Lipinski definition) is 3. The van der Waals surface area contributed by atoms with E-state index in [1.54, 1.807) is 0 Å². The van der Waals surface area contributed by atoms with Gasteiger partial charge in [0.1, 0.15) is 0 Å². The molecular formula is C58H41N3. The van der Waals surface area contributed by atoms with Gasteiger partial charge < -0.3 is 17.2 Å². The van der Waals surface area contributed by atoms with Crippen molar-refractivity contribution in [3.63, 3.8) is 0 Å². The molecule has 0 aliphatic rings. The number of nitrogens with two attached hydrogens (primary N) is 3. The molecule has 0 amide bonds. The maximum atomic E-state index is 6.49. The standard InChI is InChI=1S/C58H41N3/c1-40-7-5-9-44(30-40)11-13-46-17-23-53(56(59)37-46)26-20-50-34-51(21-27-54-24-18-47(38-57(54)60)14-12-45-10-6-8-41(2)31-45)36-52(35-50)22-28-55-25-19-48(39-58(55)61)15-16-49-32-42(3)29-43(4)33-49/h5-10,17-19,23-25,29-39H,59-61H2,1-4H3. The molecule has 0 bridgehead atoms. The Hall–Kier alpha value is -8.70. The first kappa shape index (κ1) is 40.5. The first-order valence-corrected chi connectivity index (χ1v) is 19.7. The molecule has 7 rings (SSSR count). The lowest BCUT2D eigenvalue weighted by Gasteiger charge is -2.01. The minimum absolute atomic E-state index is 0.541. The summed E-state index contributed by atoms with van der Waals surface area (Å²) in [6, 6.07) is 45.3. The van der Waals surface area contributed by atoms with Gasteiger partial charge in [-0.15, -0.1) is 0 Å². The molecule has 0 aromatic heterocycles. The largest absolute Gasteiger partial charge is 0.398 e. The summed E-state index contributed by atoms with van der Waals surface area (Å²) in [6.07, 6.45) is 0. The summed E-state index contributed by atoms with van der Waals surface area (Å²) in [4.78, 5) is 0. The second kappa shape index (κ2) is 18.7. The molecule has 3 heteroatoms. The zero-order valence-electron chi connectivity index (χ0n) is 34.5. The van der Waals surface area contributed by atoms with Gasteiger partial charge in [-0.25, -0.2) is 0 Å². The van der Waals surface area contributed by atoms with E-state index in [0.717, 1.165) is 61.2 Å². The third kappa shape index (κ3) is 11.5. The van der Waals surface area contributed by atoms with Crippen molar-refractivity contribution in [1.29, 1.82) is 0 Å². The van der Waals surface area contributed by atoms with Crippen LogP contribution < -0.4 is 17.2 Å². The lowest BCUT2D eigenvalue weighted by atomic mass is 10.0. The quantitative estimate of drug-likeness (QED) is 0.106. The van der Waals surface area contributed by atoms with Gasteiger partial charge >= 0.3 is 0 Å². The normalized spacial score (nSPS) is 9.70. The highest BCUT2D eigenvalue weighted by molar-refractivity contribution is 5.66. The summed E-state index contributed by atoms with van der Waals surface area (Å²) in [7, 11) is 0. The Bertz CT molecular complexity index is 3090. The van der Waals surface area contributed by atoms with Gasteiger partial charge in [0.05, 0.1) is 0 Å². The van der Waals surface area contributed by atoms with E-state index in [2.05, 4.69) is 115 Å². The van der Waals surface area contributed by atoms with E-state index >= 15 is 0 Å². The Balaban J connectivity index is 1.18. The number of hydrogen-bond acceptors (Lipinski definition) is 3. The molecule has 288 valence electrons. The maximum absolute atomic E-state index is 6.49. The fourth-order valence-electron chi connectivity index (χ4n) is 6.45. The highest BCUT2D eigenvalue weighted by Crippen LogP contribution is 2.18. The Kier molecular flexibility index (Phi) is 12.4. The topological polar surface area (TPSA) is 78.1 Å². The molecule has 0 atom stereocenters. The number of nitrogen functional groups attached to an aromatic ring is 3. The fourth-order valence-corrected chi connectivity index (χ4v) is 6.45. The van der Waals surface area contributed by atoms with E-state index in [4.69, 9.17) is 17.2 Å². The Morgan fingerprint density at radius 2 is 0.525 bits per heavy atom. The summed E-state index contributed by atoms with van der Waals surface area (Å²) in [5.74, 6) is 38.9. The fraction of sp³-hybridized carbons (Fsp3) is 0.0690. The van der Waals surface area contributed by atoms with E-state index in [9.17, 15) is 0 Å². The minimum Gasteiger partial charge on any atom is -0.398 e. The average molecular weight is 780 g/mol. The van der Waals surface area contributed by atoms with Gasteiger partial charge in [0.15, 0.2) is 0 Å². The molecule has 0 saturated heterocycles. The van der Waals surface area contributed by atoms with Crippen molar-refractivity contribution in [2.24, 2.45) is 0 Å². The van der Waals surface area contributed by atoms with Crippen LogP contribution in [-0.2, 0) is 0 Å². The van der Waals surface area contributed by atoms with Crippen molar-refractivity contribution in [3.8, 4) is 71.0 Å². The Morgan fingerprint density at radius 1 is 0.246 bits per heavy atom. The number of rotatable bonds is 0. The summed E-state index contributed by atoms with van der Waals surface area (Å²) >= 11 is 0. The van der Waals surface area contributed by atoms with Gasteiger partial charge in [0.25, 0.3) is 0 Å². The van der Waals surface area contributed by atoms with Gasteiger partial charge in [-0.05, 0) is 159 Å². The van der Waals surface area contributed by atoms with Crippen LogP contribution in [0.4, 0.5) is 17.1 Å². The van der Waals surface area contributed by atoms with Crippen LogP contribution in [0, 0.1) is 98.7 Å². The molecule has 3 nitrogen and oxygen atoms in total. The van der Waals surface area contributed by atoms with Gasteiger partial charge in [0.2, 0.25) is 0 Å². The molecule has 61 heavy (non-hydrogen) atoms. The van der Waals surface area contributed by atoms with Crippen molar-refractivity contribution in [1.82, 2.24) is 0 Å². The summed E-state index contributed by atoms with van der Waals surface area (Å²) < 4.78 is 0. The highest BCUT2D eigenvalue weighted by atomic mass is 14.6. The molecule has 0 aliphatic heterocycles. The first-order chi connectivity index (χ1) is 29.5. The Morgan fingerprint density at radius 3 is 0.852 bits per heavy atom. The minimum atomic E-state index is 0.541. The van der Waals surface area contributed by atoms with Gasteiger partial charge in [0, 0.05) is 83.8 Å². The molecule has 0 fully saturated rings.